The smallest absolute Gasteiger partial charge is 0.259 e. The van der Waals surface area contributed by atoms with Gasteiger partial charge in [-0.2, -0.15) is 5.26 Å². The van der Waals surface area contributed by atoms with Crippen molar-refractivity contribution in [2.24, 2.45) is 5.73 Å². The standard InChI is InChI=1S/C16H14N4O4S/c1-22-7-3-4-8(10(5-7)23-2)11-9(6-17)13(18)24-15-12(11)14(21)19-16(25)20-15/h3-5,11H,18H2,1-2H3,(H2,19,20,21,25)/t11-/m0/s1. The largest absolute Gasteiger partial charge is 0.497 e. The van der Waals surface area contributed by atoms with E-state index in [1.807, 2.05) is 6.07 Å². The zero-order valence-corrected chi connectivity index (χ0v) is 14.2. The lowest BCUT2D eigenvalue weighted by atomic mass is 9.84. The molecule has 2 heterocycles. The van der Waals surface area contributed by atoms with Crippen molar-refractivity contribution >= 4 is 12.2 Å². The van der Waals surface area contributed by atoms with Crippen molar-refractivity contribution in [3.8, 4) is 23.4 Å². The summed E-state index contributed by atoms with van der Waals surface area (Å²) in [5.41, 5.74) is 6.29. The Labute approximate surface area is 147 Å². The van der Waals surface area contributed by atoms with E-state index in [0.29, 0.717) is 17.1 Å². The highest BCUT2D eigenvalue weighted by molar-refractivity contribution is 7.71. The number of hydrogen-bond donors (Lipinski definition) is 3. The van der Waals surface area contributed by atoms with Gasteiger partial charge in [-0.1, -0.05) is 6.07 Å². The summed E-state index contributed by atoms with van der Waals surface area (Å²) in [4.78, 5) is 17.8. The summed E-state index contributed by atoms with van der Waals surface area (Å²) in [5.74, 6) is 0.247. The minimum absolute atomic E-state index is 0.0948. The molecule has 1 atom stereocenters. The molecule has 0 saturated heterocycles. The molecule has 1 aliphatic heterocycles. The van der Waals surface area contributed by atoms with E-state index >= 15 is 0 Å². The van der Waals surface area contributed by atoms with Crippen LogP contribution in [0.4, 0.5) is 0 Å². The van der Waals surface area contributed by atoms with Crippen molar-refractivity contribution in [1.82, 2.24) is 9.97 Å². The van der Waals surface area contributed by atoms with Gasteiger partial charge in [-0.3, -0.25) is 9.78 Å². The highest BCUT2D eigenvalue weighted by atomic mass is 32.1. The Morgan fingerprint density at radius 3 is 2.72 bits per heavy atom. The van der Waals surface area contributed by atoms with E-state index in [9.17, 15) is 10.1 Å². The van der Waals surface area contributed by atoms with Crippen LogP contribution in [0.2, 0.25) is 0 Å². The highest BCUT2D eigenvalue weighted by Gasteiger charge is 2.35. The molecular weight excluding hydrogens is 344 g/mol. The van der Waals surface area contributed by atoms with Crippen LogP contribution >= 0.6 is 12.2 Å². The van der Waals surface area contributed by atoms with E-state index in [1.165, 1.54) is 14.2 Å². The second-order valence-corrected chi connectivity index (χ2v) is 5.59. The number of hydrogen-bond acceptors (Lipinski definition) is 7. The molecule has 4 N–H and O–H groups in total. The highest BCUT2D eigenvalue weighted by Crippen LogP contribution is 2.43. The van der Waals surface area contributed by atoms with Crippen LogP contribution in [0, 0.1) is 16.1 Å². The Hall–Kier alpha value is -3.25. The fourth-order valence-electron chi connectivity index (χ4n) is 2.76. The Balaban J connectivity index is 2.34. The first-order chi connectivity index (χ1) is 12.0. The van der Waals surface area contributed by atoms with Crippen molar-refractivity contribution in [2.75, 3.05) is 14.2 Å². The van der Waals surface area contributed by atoms with Crippen LogP contribution in [0.3, 0.4) is 0 Å². The maximum atomic E-state index is 12.5. The average molecular weight is 358 g/mol. The molecule has 0 radical (unpaired) electrons. The van der Waals surface area contributed by atoms with Gasteiger partial charge < -0.3 is 24.9 Å². The Morgan fingerprint density at radius 1 is 1.32 bits per heavy atom. The monoisotopic (exact) mass is 358 g/mol. The van der Waals surface area contributed by atoms with Gasteiger partial charge in [-0.05, 0) is 18.3 Å². The van der Waals surface area contributed by atoms with Crippen molar-refractivity contribution in [3.05, 3.63) is 55.9 Å². The molecule has 0 spiro atoms. The lowest BCUT2D eigenvalue weighted by Gasteiger charge is -2.26. The first-order valence-corrected chi connectivity index (χ1v) is 7.57. The van der Waals surface area contributed by atoms with Crippen LogP contribution in [0.25, 0.3) is 0 Å². The third-order valence-corrected chi connectivity index (χ3v) is 4.07. The van der Waals surface area contributed by atoms with Gasteiger partial charge in [0.2, 0.25) is 11.8 Å². The maximum absolute atomic E-state index is 12.5. The molecule has 128 valence electrons. The van der Waals surface area contributed by atoms with Crippen molar-refractivity contribution in [2.45, 2.75) is 5.92 Å². The zero-order chi connectivity index (χ0) is 18.1. The fourth-order valence-corrected chi connectivity index (χ4v) is 2.94. The predicted octanol–water partition coefficient (Wildman–Crippen LogP) is 1.67. The molecule has 0 fully saturated rings. The molecule has 2 aromatic rings. The molecule has 0 amide bonds. The fraction of sp³-hybridized carbons (Fsp3) is 0.188. The molecule has 9 heteroatoms. The number of benzene rings is 1. The minimum Gasteiger partial charge on any atom is -0.497 e. The van der Waals surface area contributed by atoms with Crippen LogP contribution in [0.5, 0.6) is 17.4 Å². The molecule has 8 nitrogen and oxygen atoms in total. The summed E-state index contributed by atoms with van der Waals surface area (Å²) in [6.45, 7) is 0. The second-order valence-electron chi connectivity index (χ2n) is 5.18. The Bertz CT molecular complexity index is 1030. The van der Waals surface area contributed by atoms with Crippen LogP contribution in [-0.4, -0.2) is 24.2 Å². The minimum atomic E-state index is -0.773. The van der Waals surface area contributed by atoms with Crippen LogP contribution in [0.1, 0.15) is 17.0 Å². The molecule has 0 saturated carbocycles. The maximum Gasteiger partial charge on any atom is 0.259 e. The number of rotatable bonds is 3. The summed E-state index contributed by atoms with van der Waals surface area (Å²) in [6.07, 6.45) is 0. The molecule has 1 aliphatic rings. The molecule has 1 aromatic heterocycles. The molecular formula is C16H14N4O4S. The first-order valence-electron chi connectivity index (χ1n) is 7.16. The van der Waals surface area contributed by atoms with E-state index in [1.54, 1.807) is 18.2 Å². The Kier molecular flexibility index (Phi) is 4.21. The lowest BCUT2D eigenvalue weighted by Crippen LogP contribution is -2.28. The van der Waals surface area contributed by atoms with Crippen molar-refractivity contribution in [1.29, 1.82) is 5.26 Å². The number of fused-ring (bicyclic) bond motifs is 1. The SMILES string of the molecule is COc1ccc([C@H]2C(C#N)=C(N)Oc3[nH]c(=S)[nH]c(=O)c32)c(OC)c1. The number of allylic oxidation sites excluding steroid dienone is 1. The van der Waals surface area contributed by atoms with Gasteiger partial charge in [-0.15, -0.1) is 0 Å². The van der Waals surface area contributed by atoms with Gasteiger partial charge in [0.25, 0.3) is 5.56 Å². The van der Waals surface area contributed by atoms with Crippen molar-refractivity contribution in [3.63, 3.8) is 0 Å². The van der Waals surface area contributed by atoms with E-state index in [-0.39, 0.29) is 27.7 Å². The molecule has 1 aromatic carbocycles. The predicted molar refractivity (Wildman–Crippen MR) is 91.1 cm³/mol. The van der Waals surface area contributed by atoms with Gasteiger partial charge in [0.05, 0.1) is 25.7 Å². The van der Waals surface area contributed by atoms with Gasteiger partial charge in [0, 0.05) is 11.6 Å². The summed E-state index contributed by atoms with van der Waals surface area (Å²) < 4.78 is 16.1. The molecule has 0 unspecified atom stereocenters. The number of nitrogens with one attached hydrogen (secondary N) is 2. The number of methoxy groups -OCH3 is 2. The summed E-state index contributed by atoms with van der Waals surface area (Å²) in [5, 5.41) is 9.55. The zero-order valence-electron chi connectivity index (χ0n) is 13.4. The second kappa shape index (κ2) is 6.33. The number of nitriles is 1. The number of aromatic nitrogens is 2. The number of ether oxygens (including phenoxy) is 3. The third kappa shape index (κ3) is 2.72. The van der Waals surface area contributed by atoms with Crippen molar-refractivity contribution < 1.29 is 14.2 Å². The first kappa shape index (κ1) is 16.6. The summed E-state index contributed by atoms with van der Waals surface area (Å²) >= 11 is 4.96. The quantitative estimate of drug-likeness (QED) is 0.712. The van der Waals surface area contributed by atoms with Crippen LogP contribution in [-0.2, 0) is 0 Å². The van der Waals surface area contributed by atoms with E-state index in [0.717, 1.165) is 0 Å². The van der Waals surface area contributed by atoms with E-state index < -0.39 is 11.5 Å². The molecule has 0 aliphatic carbocycles. The number of H-pyrrole nitrogens is 2. The number of nitrogens with zero attached hydrogens (tertiary/aromatic N) is 1. The third-order valence-electron chi connectivity index (χ3n) is 3.87. The number of nitrogens with two attached hydrogens (primary N) is 1. The molecule has 25 heavy (non-hydrogen) atoms. The lowest BCUT2D eigenvalue weighted by molar-refractivity contribution is 0.369. The molecule has 0 bridgehead atoms. The van der Waals surface area contributed by atoms with Gasteiger partial charge >= 0.3 is 0 Å². The van der Waals surface area contributed by atoms with E-state index in [4.69, 9.17) is 32.2 Å². The topological polar surface area (TPSA) is 126 Å². The summed E-state index contributed by atoms with van der Waals surface area (Å²) in [6, 6.07) is 7.09. The Morgan fingerprint density at radius 2 is 2.08 bits per heavy atom. The van der Waals surface area contributed by atoms with Gasteiger partial charge in [0.1, 0.15) is 23.1 Å². The molecule has 3 rings (SSSR count). The van der Waals surface area contributed by atoms with E-state index in [2.05, 4.69) is 9.97 Å². The van der Waals surface area contributed by atoms with Crippen LogP contribution in [0.15, 0.2) is 34.4 Å². The van der Waals surface area contributed by atoms with Gasteiger partial charge in [-0.25, -0.2) is 0 Å². The average Bonchev–Trinajstić information content (AvgIpc) is 2.59. The summed E-state index contributed by atoms with van der Waals surface area (Å²) in [7, 11) is 3.02. The van der Waals surface area contributed by atoms with Crippen LogP contribution < -0.4 is 25.5 Å². The number of aromatic amines is 2. The normalized spacial score (nSPS) is 15.8. The van der Waals surface area contributed by atoms with Gasteiger partial charge in [0.15, 0.2) is 4.77 Å².